The molecule has 1 aromatic heterocycles. The molecule has 9 heteroatoms. The van der Waals surface area contributed by atoms with Gasteiger partial charge in [0.2, 0.25) is 0 Å². The van der Waals surface area contributed by atoms with E-state index < -0.39 is 10.0 Å². The number of nitrogens with zero attached hydrogens (tertiary/aromatic N) is 3. The first kappa shape index (κ1) is 25.6. The van der Waals surface area contributed by atoms with Gasteiger partial charge in [-0.3, -0.25) is 4.99 Å². The average Bonchev–Trinajstić information content (AvgIpc) is 3.12. The highest BCUT2D eigenvalue weighted by Crippen LogP contribution is 2.25. The van der Waals surface area contributed by atoms with Crippen molar-refractivity contribution in [1.82, 2.24) is 14.5 Å². The normalized spacial score (nSPS) is 16.3. The fourth-order valence-electron chi connectivity index (χ4n) is 3.24. The van der Waals surface area contributed by atoms with Gasteiger partial charge in [0.25, 0.3) is 10.0 Å². The van der Waals surface area contributed by atoms with Crippen LogP contribution in [0.5, 0.6) is 0 Å². The Labute approximate surface area is 191 Å². The van der Waals surface area contributed by atoms with Gasteiger partial charge in [0, 0.05) is 50.6 Å². The van der Waals surface area contributed by atoms with Crippen molar-refractivity contribution in [3.63, 3.8) is 0 Å². The fraction of sp³-hybridized carbons (Fsp3) is 0.737. The summed E-state index contributed by atoms with van der Waals surface area (Å²) in [4.78, 5) is 8.18. The van der Waals surface area contributed by atoms with E-state index in [-0.39, 0.29) is 24.0 Å². The van der Waals surface area contributed by atoms with Crippen LogP contribution in [-0.2, 0) is 16.4 Å². The van der Waals surface area contributed by atoms with Crippen molar-refractivity contribution in [3.8, 4) is 0 Å². The van der Waals surface area contributed by atoms with E-state index in [9.17, 15) is 8.42 Å². The number of nitrogens with one attached hydrogen (secondary N) is 1. The Morgan fingerprint density at radius 3 is 2.46 bits per heavy atom. The molecule has 2 heterocycles. The van der Waals surface area contributed by atoms with Crippen molar-refractivity contribution >= 4 is 51.3 Å². The Morgan fingerprint density at radius 2 is 1.89 bits per heavy atom. The number of thiophene rings is 1. The molecule has 0 aromatic carbocycles. The van der Waals surface area contributed by atoms with Crippen LogP contribution < -0.4 is 5.32 Å². The van der Waals surface area contributed by atoms with Gasteiger partial charge in [-0.15, -0.1) is 35.3 Å². The minimum atomic E-state index is -3.36. The zero-order valence-electron chi connectivity index (χ0n) is 17.5. The lowest BCUT2D eigenvalue weighted by atomic mass is 10.00. The fourth-order valence-corrected chi connectivity index (χ4v) is 6.20. The second-order valence-corrected chi connectivity index (χ2v) is 10.3. The largest absolute Gasteiger partial charge is 0.357 e. The Kier molecular flexibility index (Phi) is 11.3. The Hall–Kier alpha value is -0.390. The maximum absolute atomic E-state index is 12.6. The quantitative estimate of drug-likeness (QED) is 0.310. The molecule has 0 amide bonds. The molecule has 1 aliphatic rings. The van der Waals surface area contributed by atoms with Gasteiger partial charge in [0.15, 0.2) is 5.96 Å². The molecule has 1 saturated heterocycles. The standard InChI is InChI=1S/C19H34N4O2S2.HI/c1-5-20-19(22-14-11-16(4)12-15-22)21-13-10-17-8-9-18(26-17)27(24,25)23(6-2)7-3;/h8-9,16H,5-7,10-15H2,1-4H3,(H,20,21);1H. The first-order valence-corrected chi connectivity index (χ1v) is 12.3. The zero-order valence-corrected chi connectivity index (χ0v) is 21.4. The van der Waals surface area contributed by atoms with Gasteiger partial charge in [-0.2, -0.15) is 4.31 Å². The summed E-state index contributed by atoms with van der Waals surface area (Å²) in [7, 11) is -3.36. The number of hydrogen-bond donors (Lipinski definition) is 1. The summed E-state index contributed by atoms with van der Waals surface area (Å²) >= 11 is 1.37. The Morgan fingerprint density at radius 1 is 1.25 bits per heavy atom. The monoisotopic (exact) mass is 542 g/mol. The highest BCUT2D eigenvalue weighted by molar-refractivity contribution is 14.0. The smallest absolute Gasteiger partial charge is 0.252 e. The van der Waals surface area contributed by atoms with Crippen LogP contribution in [0.2, 0.25) is 0 Å². The van der Waals surface area contributed by atoms with E-state index in [0.29, 0.717) is 23.8 Å². The summed E-state index contributed by atoms with van der Waals surface area (Å²) in [6.07, 6.45) is 3.18. The number of aliphatic imine (C=N–C) groups is 1. The van der Waals surface area contributed by atoms with E-state index in [1.165, 1.54) is 28.5 Å². The summed E-state index contributed by atoms with van der Waals surface area (Å²) in [5.41, 5.74) is 0. The number of halogens is 1. The first-order chi connectivity index (χ1) is 12.9. The average molecular weight is 543 g/mol. The van der Waals surface area contributed by atoms with E-state index in [0.717, 1.165) is 42.8 Å². The number of hydrogen-bond acceptors (Lipinski definition) is 4. The summed E-state index contributed by atoms with van der Waals surface area (Å²) < 4.78 is 27.1. The minimum Gasteiger partial charge on any atom is -0.357 e. The molecule has 1 N–H and O–H groups in total. The highest BCUT2D eigenvalue weighted by atomic mass is 127. The molecular formula is C19H35IN4O2S2. The summed E-state index contributed by atoms with van der Waals surface area (Å²) in [6, 6.07) is 3.65. The molecule has 2 rings (SSSR count). The van der Waals surface area contributed by atoms with Gasteiger partial charge in [-0.05, 0) is 37.8 Å². The first-order valence-electron chi connectivity index (χ1n) is 10.0. The van der Waals surface area contributed by atoms with Gasteiger partial charge in [-0.1, -0.05) is 20.8 Å². The van der Waals surface area contributed by atoms with Crippen molar-refractivity contribution in [2.45, 2.75) is 51.2 Å². The number of rotatable bonds is 8. The van der Waals surface area contributed by atoms with Crippen LogP contribution in [0.3, 0.4) is 0 Å². The van der Waals surface area contributed by atoms with Crippen LogP contribution in [0.1, 0.15) is 45.4 Å². The van der Waals surface area contributed by atoms with Crippen molar-refractivity contribution < 1.29 is 8.42 Å². The van der Waals surface area contributed by atoms with E-state index in [4.69, 9.17) is 4.99 Å². The molecule has 0 atom stereocenters. The van der Waals surface area contributed by atoms with Crippen molar-refractivity contribution in [1.29, 1.82) is 0 Å². The van der Waals surface area contributed by atoms with Gasteiger partial charge in [-0.25, -0.2) is 8.42 Å². The molecule has 6 nitrogen and oxygen atoms in total. The molecule has 1 aromatic rings. The maximum Gasteiger partial charge on any atom is 0.252 e. The molecule has 1 fully saturated rings. The van der Waals surface area contributed by atoms with Crippen LogP contribution >= 0.6 is 35.3 Å². The molecule has 162 valence electrons. The van der Waals surface area contributed by atoms with Crippen molar-refractivity contribution in [2.24, 2.45) is 10.9 Å². The van der Waals surface area contributed by atoms with Crippen molar-refractivity contribution in [3.05, 3.63) is 17.0 Å². The predicted octanol–water partition coefficient (Wildman–Crippen LogP) is 3.64. The molecule has 0 aliphatic carbocycles. The third-order valence-corrected chi connectivity index (χ3v) is 8.64. The van der Waals surface area contributed by atoms with Gasteiger partial charge >= 0.3 is 0 Å². The summed E-state index contributed by atoms with van der Waals surface area (Å²) in [5.74, 6) is 1.78. The molecule has 1 aliphatic heterocycles. The van der Waals surface area contributed by atoms with E-state index in [2.05, 4.69) is 24.1 Å². The lowest BCUT2D eigenvalue weighted by molar-refractivity contribution is 0.273. The minimum absolute atomic E-state index is 0. The second-order valence-electron chi connectivity index (χ2n) is 6.97. The molecule has 0 spiro atoms. The predicted molar refractivity (Wildman–Crippen MR) is 129 cm³/mol. The van der Waals surface area contributed by atoms with Crippen LogP contribution in [0.25, 0.3) is 0 Å². The second kappa shape index (κ2) is 12.3. The van der Waals surface area contributed by atoms with Crippen LogP contribution in [0, 0.1) is 5.92 Å². The molecule has 0 saturated carbocycles. The number of sulfonamides is 1. The molecule has 28 heavy (non-hydrogen) atoms. The highest BCUT2D eigenvalue weighted by Gasteiger charge is 2.23. The lowest BCUT2D eigenvalue weighted by Gasteiger charge is -2.33. The molecule has 0 unspecified atom stereocenters. The number of guanidine groups is 1. The zero-order chi connectivity index (χ0) is 19.9. The third kappa shape index (κ3) is 6.84. The Bertz CT molecular complexity index is 709. The molecule has 0 radical (unpaired) electrons. The molecular weight excluding hydrogens is 507 g/mol. The maximum atomic E-state index is 12.6. The third-order valence-electron chi connectivity index (χ3n) is 4.97. The van der Waals surface area contributed by atoms with E-state index >= 15 is 0 Å². The lowest BCUT2D eigenvalue weighted by Crippen LogP contribution is -2.45. The summed E-state index contributed by atoms with van der Waals surface area (Å²) in [6.45, 7) is 12.8. The summed E-state index contributed by atoms with van der Waals surface area (Å²) in [5, 5.41) is 3.39. The number of piperidine rings is 1. The SMILES string of the molecule is CCNC(=NCCc1ccc(S(=O)(=O)N(CC)CC)s1)N1CCC(C)CC1.I. The topological polar surface area (TPSA) is 65.0 Å². The molecule has 0 bridgehead atoms. The van der Waals surface area contributed by atoms with Gasteiger partial charge < -0.3 is 10.2 Å². The van der Waals surface area contributed by atoms with Crippen molar-refractivity contribution in [2.75, 3.05) is 39.3 Å². The van der Waals surface area contributed by atoms with Crippen LogP contribution in [-0.4, -0.2) is 62.9 Å². The number of likely N-dealkylation sites (tertiary alicyclic amines) is 1. The van der Waals surface area contributed by atoms with E-state index in [1.807, 2.05) is 19.9 Å². The Balaban J connectivity index is 0.00000392. The van der Waals surface area contributed by atoms with Crippen LogP contribution in [0.4, 0.5) is 0 Å². The van der Waals surface area contributed by atoms with Gasteiger partial charge in [0.05, 0.1) is 0 Å². The van der Waals surface area contributed by atoms with Crippen LogP contribution in [0.15, 0.2) is 21.3 Å². The van der Waals surface area contributed by atoms with Gasteiger partial charge in [0.1, 0.15) is 4.21 Å². The van der Waals surface area contributed by atoms with E-state index in [1.54, 1.807) is 6.07 Å².